The van der Waals surface area contributed by atoms with E-state index in [9.17, 15) is 24.0 Å². The number of ether oxygens (including phenoxy) is 1. The maximum atomic E-state index is 13.0. The number of amides is 2. The van der Waals surface area contributed by atoms with Gasteiger partial charge in [0.2, 0.25) is 17.6 Å². The zero-order valence-corrected chi connectivity index (χ0v) is 19.5. The summed E-state index contributed by atoms with van der Waals surface area (Å²) in [6, 6.07) is -1.01. The van der Waals surface area contributed by atoms with Gasteiger partial charge in [-0.05, 0) is 41.5 Å². The van der Waals surface area contributed by atoms with Crippen molar-refractivity contribution < 1.29 is 28.7 Å². The molecule has 0 rings (SSSR count). The molecule has 1 unspecified atom stereocenters. The summed E-state index contributed by atoms with van der Waals surface area (Å²) in [5.74, 6) is -2.70. The fourth-order valence-electron chi connectivity index (χ4n) is 2.42. The third-order valence-corrected chi connectivity index (χ3v) is 5.26. The Labute approximate surface area is 177 Å². The molecule has 0 fully saturated rings. The first-order valence-corrected chi connectivity index (χ1v) is 10.6. The average molecular weight is 431 g/mol. The number of thioether (sulfide) groups is 1. The molecule has 0 aliphatic heterocycles. The van der Waals surface area contributed by atoms with Gasteiger partial charge in [-0.15, -0.1) is 0 Å². The first-order valence-electron chi connectivity index (χ1n) is 9.81. The van der Waals surface area contributed by atoms with Crippen LogP contribution in [0.3, 0.4) is 0 Å². The van der Waals surface area contributed by atoms with Crippen molar-refractivity contribution in [3.8, 4) is 0 Å². The molecule has 2 amide bonds. The summed E-state index contributed by atoms with van der Waals surface area (Å²) in [4.78, 5) is 63.0. The van der Waals surface area contributed by atoms with Crippen molar-refractivity contribution in [3.63, 3.8) is 0 Å². The quantitative estimate of drug-likeness (QED) is 0.303. The molecule has 0 aromatic rings. The van der Waals surface area contributed by atoms with Gasteiger partial charge in [0.05, 0.1) is 6.10 Å². The number of carbonyl (C=O) groups is 5. The van der Waals surface area contributed by atoms with E-state index in [1.807, 2.05) is 13.8 Å². The normalized spacial score (nSPS) is 12.5. The Morgan fingerprint density at radius 3 is 1.93 bits per heavy atom. The molecule has 166 valence electrons. The molecule has 0 saturated heterocycles. The number of ketones is 1. The van der Waals surface area contributed by atoms with Crippen molar-refractivity contribution in [2.75, 3.05) is 13.1 Å². The SMILES string of the molecule is CCN(CC)C(=O)C(NC(=O)C(C)C)C(C)(C)SC(=O)C(=O)CC(=O)OC(C)C. The molecule has 0 aliphatic carbocycles. The fourth-order valence-corrected chi connectivity index (χ4v) is 3.36. The van der Waals surface area contributed by atoms with Gasteiger partial charge >= 0.3 is 5.97 Å². The van der Waals surface area contributed by atoms with E-state index in [1.165, 1.54) is 0 Å². The number of esters is 1. The Kier molecular flexibility index (Phi) is 11.2. The number of rotatable bonds is 11. The maximum absolute atomic E-state index is 13.0. The van der Waals surface area contributed by atoms with Crippen molar-refractivity contribution in [2.45, 2.75) is 78.7 Å². The Morgan fingerprint density at radius 1 is 1.00 bits per heavy atom. The predicted molar refractivity (Wildman–Crippen MR) is 112 cm³/mol. The average Bonchev–Trinajstić information content (AvgIpc) is 2.58. The predicted octanol–water partition coefficient (Wildman–Crippen LogP) is 1.94. The zero-order valence-electron chi connectivity index (χ0n) is 18.7. The van der Waals surface area contributed by atoms with Gasteiger partial charge in [0.25, 0.3) is 5.12 Å². The van der Waals surface area contributed by atoms with Crippen LogP contribution in [-0.2, 0) is 28.7 Å². The van der Waals surface area contributed by atoms with E-state index in [4.69, 9.17) is 4.74 Å². The highest BCUT2D eigenvalue weighted by molar-refractivity contribution is 8.16. The van der Waals surface area contributed by atoms with Crippen LogP contribution >= 0.6 is 11.8 Å². The molecule has 8 nitrogen and oxygen atoms in total. The number of carbonyl (C=O) groups excluding carboxylic acids is 5. The van der Waals surface area contributed by atoms with Crippen molar-refractivity contribution in [1.82, 2.24) is 10.2 Å². The van der Waals surface area contributed by atoms with Crippen molar-refractivity contribution in [1.29, 1.82) is 0 Å². The molecule has 0 aromatic heterocycles. The van der Waals surface area contributed by atoms with E-state index in [0.29, 0.717) is 24.9 Å². The van der Waals surface area contributed by atoms with Crippen LogP contribution in [0.4, 0.5) is 0 Å². The molecule has 0 aliphatic rings. The third kappa shape index (κ3) is 8.97. The topological polar surface area (TPSA) is 110 Å². The van der Waals surface area contributed by atoms with Crippen LogP contribution in [-0.4, -0.2) is 63.6 Å². The van der Waals surface area contributed by atoms with E-state index in [-0.39, 0.29) is 17.7 Å². The number of nitrogens with zero attached hydrogens (tertiary/aromatic N) is 1. The summed E-state index contributed by atoms with van der Waals surface area (Å²) < 4.78 is 3.78. The number of nitrogens with one attached hydrogen (secondary N) is 1. The van der Waals surface area contributed by atoms with Gasteiger partial charge in [-0.3, -0.25) is 24.0 Å². The largest absolute Gasteiger partial charge is 0.463 e. The Bertz CT molecular complexity index is 626. The van der Waals surface area contributed by atoms with Gasteiger partial charge in [-0.1, -0.05) is 25.6 Å². The number of hydrogen-bond acceptors (Lipinski definition) is 7. The van der Waals surface area contributed by atoms with Gasteiger partial charge in [0, 0.05) is 23.8 Å². The van der Waals surface area contributed by atoms with Crippen LogP contribution in [0.1, 0.15) is 61.8 Å². The van der Waals surface area contributed by atoms with Crippen LogP contribution < -0.4 is 5.32 Å². The van der Waals surface area contributed by atoms with E-state index < -0.39 is 40.2 Å². The minimum absolute atomic E-state index is 0.330. The minimum Gasteiger partial charge on any atom is -0.463 e. The summed E-state index contributed by atoms with van der Waals surface area (Å²) in [7, 11) is 0. The van der Waals surface area contributed by atoms with Crippen LogP contribution in [0.2, 0.25) is 0 Å². The van der Waals surface area contributed by atoms with Crippen LogP contribution in [0, 0.1) is 5.92 Å². The maximum Gasteiger partial charge on any atom is 0.314 e. The number of likely N-dealkylation sites (N-methyl/N-ethyl adjacent to an activating group) is 1. The summed E-state index contributed by atoms with van der Waals surface area (Å²) >= 11 is 0.641. The molecular weight excluding hydrogens is 396 g/mol. The molecule has 0 heterocycles. The van der Waals surface area contributed by atoms with E-state index in [0.717, 1.165) is 0 Å². The lowest BCUT2D eigenvalue weighted by molar-refractivity contribution is -0.150. The molecule has 29 heavy (non-hydrogen) atoms. The lowest BCUT2D eigenvalue weighted by Crippen LogP contribution is -2.58. The molecule has 1 atom stereocenters. The summed E-state index contributed by atoms with van der Waals surface area (Å²) in [5, 5.41) is 1.86. The monoisotopic (exact) mass is 430 g/mol. The van der Waals surface area contributed by atoms with Crippen LogP contribution in [0.25, 0.3) is 0 Å². The molecule has 9 heteroatoms. The molecule has 1 N–H and O–H groups in total. The summed E-state index contributed by atoms with van der Waals surface area (Å²) in [6.45, 7) is 14.4. The highest BCUT2D eigenvalue weighted by atomic mass is 32.2. The lowest BCUT2D eigenvalue weighted by Gasteiger charge is -2.36. The van der Waals surface area contributed by atoms with Gasteiger partial charge in [-0.25, -0.2) is 0 Å². The van der Waals surface area contributed by atoms with E-state index in [1.54, 1.807) is 46.4 Å². The summed E-state index contributed by atoms with van der Waals surface area (Å²) in [5.41, 5.74) is 0. The minimum atomic E-state index is -1.11. The summed E-state index contributed by atoms with van der Waals surface area (Å²) in [6.07, 6.45) is -1.05. The van der Waals surface area contributed by atoms with Crippen LogP contribution in [0.15, 0.2) is 0 Å². The highest BCUT2D eigenvalue weighted by Crippen LogP contribution is 2.31. The van der Waals surface area contributed by atoms with E-state index >= 15 is 0 Å². The molecule has 0 saturated carbocycles. The molecule has 0 radical (unpaired) electrons. The van der Waals surface area contributed by atoms with Crippen molar-refractivity contribution in [2.24, 2.45) is 5.92 Å². The Hall–Kier alpha value is -1.90. The fraction of sp³-hybridized carbons (Fsp3) is 0.750. The third-order valence-electron chi connectivity index (χ3n) is 4.08. The molecule has 0 spiro atoms. The van der Waals surface area contributed by atoms with Crippen LogP contribution in [0.5, 0.6) is 0 Å². The molecule has 0 bridgehead atoms. The number of Topliss-reactive ketones (excluding diaryl/α,β-unsaturated/α-hetero) is 1. The first-order chi connectivity index (χ1) is 13.3. The standard InChI is InChI=1S/C20H34N2O6S/c1-9-22(10-2)18(26)16(21-17(25)12(3)4)20(7,8)29-19(27)14(23)11-15(24)28-13(5)6/h12-13,16H,9-11H2,1-8H3,(H,21,25). The van der Waals surface area contributed by atoms with Gasteiger partial charge in [0.15, 0.2) is 0 Å². The smallest absolute Gasteiger partial charge is 0.314 e. The molecular formula is C20H34N2O6S. The number of hydrogen-bond donors (Lipinski definition) is 1. The lowest BCUT2D eigenvalue weighted by atomic mass is 10.0. The van der Waals surface area contributed by atoms with Gasteiger partial charge in [0.1, 0.15) is 12.5 Å². The Balaban J connectivity index is 5.49. The second-order valence-corrected chi connectivity index (χ2v) is 9.37. The first kappa shape index (κ1) is 27.1. The molecule has 0 aromatic carbocycles. The Morgan fingerprint density at radius 2 is 1.52 bits per heavy atom. The van der Waals surface area contributed by atoms with Gasteiger partial charge < -0.3 is 15.0 Å². The van der Waals surface area contributed by atoms with Gasteiger partial charge in [-0.2, -0.15) is 0 Å². The second-order valence-electron chi connectivity index (χ2n) is 7.74. The van der Waals surface area contributed by atoms with Crippen molar-refractivity contribution in [3.05, 3.63) is 0 Å². The zero-order chi connectivity index (χ0) is 22.9. The van der Waals surface area contributed by atoms with E-state index in [2.05, 4.69) is 5.32 Å². The van der Waals surface area contributed by atoms with Crippen molar-refractivity contribution >= 4 is 40.4 Å². The highest BCUT2D eigenvalue weighted by Gasteiger charge is 2.42. The second kappa shape index (κ2) is 11.9.